The van der Waals surface area contributed by atoms with E-state index in [-0.39, 0.29) is 18.4 Å². The van der Waals surface area contributed by atoms with Crippen LogP contribution in [0.2, 0.25) is 0 Å². The topological polar surface area (TPSA) is 58.6 Å². The molecule has 0 saturated heterocycles. The molecular formula is C27H32N2O3. The zero-order chi connectivity index (χ0) is 22.9. The number of carbonyl (C=O) groups excluding carboxylic acids is 2. The summed E-state index contributed by atoms with van der Waals surface area (Å²) in [6.45, 7) is 6.76. The number of hydrogen-bond acceptors (Lipinski definition) is 3. The zero-order valence-electron chi connectivity index (χ0n) is 19.1. The summed E-state index contributed by atoms with van der Waals surface area (Å²) in [5.41, 5.74) is 1.12. The first kappa shape index (κ1) is 23.3. The average Bonchev–Trinajstić information content (AvgIpc) is 2.81. The van der Waals surface area contributed by atoms with E-state index in [1.54, 1.807) is 11.8 Å². The molecule has 1 atom stereocenters. The van der Waals surface area contributed by atoms with Crippen LogP contribution in [0.3, 0.4) is 0 Å². The van der Waals surface area contributed by atoms with Crippen molar-refractivity contribution in [3.63, 3.8) is 0 Å². The fraction of sp³-hybridized carbons (Fsp3) is 0.333. The van der Waals surface area contributed by atoms with Crippen LogP contribution in [0.5, 0.6) is 5.75 Å². The third-order valence-corrected chi connectivity index (χ3v) is 5.44. The van der Waals surface area contributed by atoms with E-state index in [0.29, 0.717) is 31.2 Å². The molecule has 0 radical (unpaired) electrons. The van der Waals surface area contributed by atoms with Crippen molar-refractivity contribution in [2.45, 2.75) is 33.2 Å². The van der Waals surface area contributed by atoms with Crippen LogP contribution in [-0.4, -0.2) is 42.5 Å². The van der Waals surface area contributed by atoms with Gasteiger partial charge in [-0.05, 0) is 36.3 Å². The van der Waals surface area contributed by atoms with Gasteiger partial charge in [0.15, 0.2) is 6.61 Å². The summed E-state index contributed by atoms with van der Waals surface area (Å²) in [6, 6.07) is 23.1. The number of ether oxygens (including phenoxy) is 1. The van der Waals surface area contributed by atoms with Crippen molar-refractivity contribution in [2.24, 2.45) is 5.92 Å². The third kappa shape index (κ3) is 6.33. The summed E-state index contributed by atoms with van der Waals surface area (Å²) >= 11 is 0. The van der Waals surface area contributed by atoms with Crippen molar-refractivity contribution in [3.8, 4) is 5.75 Å². The minimum Gasteiger partial charge on any atom is -0.483 e. The molecule has 3 rings (SSSR count). The van der Waals surface area contributed by atoms with Gasteiger partial charge < -0.3 is 15.0 Å². The standard InChI is InChI=1S/C27H32N2O3/c1-20(2)18-28-27(31)21(3)29(17-16-22-10-5-4-6-11-22)26(30)19-32-25-15-9-13-23-12-7-8-14-24(23)25/h4-15,20-21H,16-19H2,1-3H3,(H,28,31). The molecule has 0 aliphatic heterocycles. The first-order valence-electron chi connectivity index (χ1n) is 11.2. The zero-order valence-corrected chi connectivity index (χ0v) is 19.1. The van der Waals surface area contributed by atoms with Crippen molar-refractivity contribution in [1.29, 1.82) is 0 Å². The van der Waals surface area contributed by atoms with Gasteiger partial charge in [-0.1, -0.05) is 80.6 Å². The summed E-state index contributed by atoms with van der Waals surface area (Å²) in [5, 5.41) is 4.95. The van der Waals surface area contributed by atoms with Crippen molar-refractivity contribution in [2.75, 3.05) is 19.7 Å². The first-order valence-corrected chi connectivity index (χ1v) is 11.2. The van der Waals surface area contributed by atoms with E-state index >= 15 is 0 Å². The van der Waals surface area contributed by atoms with Crippen LogP contribution in [0.25, 0.3) is 10.8 Å². The maximum Gasteiger partial charge on any atom is 0.261 e. The summed E-state index contributed by atoms with van der Waals surface area (Å²) in [7, 11) is 0. The van der Waals surface area contributed by atoms with Gasteiger partial charge in [0, 0.05) is 18.5 Å². The van der Waals surface area contributed by atoms with E-state index in [4.69, 9.17) is 4.74 Å². The van der Waals surface area contributed by atoms with Crippen molar-refractivity contribution in [3.05, 3.63) is 78.4 Å². The van der Waals surface area contributed by atoms with Gasteiger partial charge >= 0.3 is 0 Å². The lowest BCUT2D eigenvalue weighted by Crippen LogP contribution is -2.50. The van der Waals surface area contributed by atoms with Gasteiger partial charge in [0.2, 0.25) is 5.91 Å². The number of carbonyl (C=O) groups is 2. The summed E-state index contributed by atoms with van der Waals surface area (Å²) in [5.74, 6) is 0.650. The molecule has 0 spiro atoms. The molecule has 2 amide bonds. The van der Waals surface area contributed by atoms with Crippen molar-refractivity contribution >= 4 is 22.6 Å². The number of rotatable bonds is 10. The maximum atomic E-state index is 13.2. The average molecular weight is 433 g/mol. The monoisotopic (exact) mass is 432 g/mol. The first-order chi connectivity index (χ1) is 15.5. The highest BCUT2D eigenvalue weighted by Crippen LogP contribution is 2.25. The second-order valence-electron chi connectivity index (χ2n) is 8.40. The molecule has 0 aliphatic carbocycles. The van der Waals surface area contributed by atoms with Gasteiger partial charge in [-0.3, -0.25) is 9.59 Å². The van der Waals surface area contributed by atoms with Crippen LogP contribution < -0.4 is 10.1 Å². The molecule has 3 aromatic carbocycles. The molecule has 1 unspecified atom stereocenters. The Kier molecular flexibility index (Phi) is 8.26. The molecule has 168 valence electrons. The summed E-state index contributed by atoms with van der Waals surface area (Å²) in [6.07, 6.45) is 0.669. The highest BCUT2D eigenvalue weighted by molar-refractivity contribution is 5.90. The normalized spacial score (nSPS) is 11.9. The minimum absolute atomic E-state index is 0.120. The molecule has 0 aromatic heterocycles. The molecule has 0 heterocycles. The van der Waals surface area contributed by atoms with Gasteiger partial charge in [-0.15, -0.1) is 0 Å². The molecule has 0 saturated carbocycles. The number of nitrogens with one attached hydrogen (secondary N) is 1. The van der Waals surface area contributed by atoms with Gasteiger partial charge in [0.05, 0.1) is 0 Å². The van der Waals surface area contributed by atoms with Gasteiger partial charge in [0.25, 0.3) is 5.91 Å². The molecule has 0 aliphatic rings. The van der Waals surface area contributed by atoms with Gasteiger partial charge in [-0.2, -0.15) is 0 Å². The second-order valence-corrected chi connectivity index (χ2v) is 8.40. The maximum absolute atomic E-state index is 13.2. The van der Waals surface area contributed by atoms with Gasteiger partial charge in [0.1, 0.15) is 11.8 Å². The van der Waals surface area contributed by atoms with E-state index in [1.165, 1.54) is 0 Å². The molecule has 5 heteroatoms. The van der Waals surface area contributed by atoms with Crippen LogP contribution in [0.15, 0.2) is 72.8 Å². The van der Waals surface area contributed by atoms with Crippen molar-refractivity contribution in [1.82, 2.24) is 10.2 Å². The van der Waals surface area contributed by atoms with Crippen LogP contribution >= 0.6 is 0 Å². The summed E-state index contributed by atoms with van der Waals surface area (Å²) < 4.78 is 5.92. The Balaban J connectivity index is 1.71. The Hall–Kier alpha value is -3.34. The largest absolute Gasteiger partial charge is 0.483 e. The number of fused-ring (bicyclic) bond motifs is 1. The molecule has 1 N–H and O–H groups in total. The summed E-state index contributed by atoms with van der Waals surface area (Å²) in [4.78, 5) is 27.5. The Labute approximate surface area is 190 Å². The predicted octanol–water partition coefficient (Wildman–Crippen LogP) is 4.45. The number of nitrogens with zero attached hydrogens (tertiary/aromatic N) is 1. The van der Waals surface area contributed by atoms with Gasteiger partial charge in [-0.25, -0.2) is 0 Å². The minimum atomic E-state index is -0.582. The quantitative estimate of drug-likeness (QED) is 0.515. The van der Waals surface area contributed by atoms with Crippen LogP contribution in [-0.2, 0) is 16.0 Å². The highest BCUT2D eigenvalue weighted by atomic mass is 16.5. The molecule has 5 nitrogen and oxygen atoms in total. The number of hydrogen-bond donors (Lipinski definition) is 1. The van der Waals surface area contributed by atoms with E-state index in [1.807, 2.05) is 86.6 Å². The molecular weight excluding hydrogens is 400 g/mol. The molecule has 32 heavy (non-hydrogen) atoms. The van der Waals surface area contributed by atoms with E-state index in [2.05, 4.69) is 5.32 Å². The lowest BCUT2D eigenvalue weighted by atomic mass is 10.1. The van der Waals surface area contributed by atoms with Crippen LogP contribution in [0, 0.1) is 5.92 Å². The fourth-order valence-electron chi connectivity index (χ4n) is 3.57. The number of benzene rings is 3. The Bertz CT molecular complexity index is 1030. The third-order valence-electron chi connectivity index (χ3n) is 5.44. The van der Waals surface area contributed by atoms with E-state index in [9.17, 15) is 9.59 Å². The van der Waals surface area contributed by atoms with Crippen LogP contribution in [0.4, 0.5) is 0 Å². The molecule has 3 aromatic rings. The molecule has 0 bridgehead atoms. The second kappa shape index (κ2) is 11.3. The lowest BCUT2D eigenvalue weighted by molar-refractivity contribution is -0.141. The fourth-order valence-corrected chi connectivity index (χ4v) is 3.57. The Morgan fingerprint density at radius 1 is 0.906 bits per heavy atom. The highest BCUT2D eigenvalue weighted by Gasteiger charge is 2.26. The number of amides is 2. The van der Waals surface area contributed by atoms with E-state index < -0.39 is 6.04 Å². The SMILES string of the molecule is CC(C)CNC(=O)C(C)N(CCc1ccccc1)C(=O)COc1cccc2ccccc12. The van der Waals surface area contributed by atoms with E-state index in [0.717, 1.165) is 16.3 Å². The lowest BCUT2D eigenvalue weighted by Gasteiger charge is -2.29. The molecule has 0 fully saturated rings. The smallest absolute Gasteiger partial charge is 0.261 e. The predicted molar refractivity (Wildman–Crippen MR) is 129 cm³/mol. The van der Waals surface area contributed by atoms with Crippen molar-refractivity contribution < 1.29 is 14.3 Å². The van der Waals surface area contributed by atoms with Crippen LogP contribution in [0.1, 0.15) is 26.3 Å². The Morgan fingerprint density at radius 2 is 1.59 bits per heavy atom. The Morgan fingerprint density at radius 3 is 2.34 bits per heavy atom.